The molecule has 1 aromatic carbocycles. The molecule has 80 valence electrons. The average molecular weight is 214 g/mol. The molecular weight excluding hydrogens is 204 g/mol. The predicted octanol–water partition coefficient (Wildman–Crippen LogP) is 1.84. The highest BCUT2D eigenvalue weighted by molar-refractivity contribution is 5.99. The number of phenols is 1. The summed E-state index contributed by atoms with van der Waals surface area (Å²) < 4.78 is 0. The number of aromatic hydroxyl groups is 1. The third-order valence-electron chi connectivity index (χ3n) is 2.33. The van der Waals surface area contributed by atoms with Crippen LogP contribution in [0.1, 0.15) is 34.0 Å². The van der Waals surface area contributed by atoms with E-state index in [1.54, 1.807) is 6.92 Å². The minimum Gasteiger partial charge on any atom is -0.507 e. The van der Waals surface area contributed by atoms with Crippen molar-refractivity contribution in [2.75, 3.05) is 0 Å². The van der Waals surface area contributed by atoms with E-state index in [-0.39, 0.29) is 23.5 Å². The van der Waals surface area contributed by atoms with Gasteiger partial charge >= 0.3 is 0 Å². The molecule has 0 bridgehead atoms. The number of hydrogen-bond acceptors (Lipinski definition) is 4. The quantitative estimate of drug-likeness (QED) is 0.761. The van der Waals surface area contributed by atoms with E-state index in [0.29, 0.717) is 16.7 Å². The van der Waals surface area contributed by atoms with Crippen LogP contribution >= 0.6 is 0 Å². The van der Waals surface area contributed by atoms with Gasteiger partial charge in [0, 0.05) is 0 Å². The highest BCUT2D eigenvalue weighted by Crippen LogP contribution is 2.28. The van der Waals surface area contributed by atoms with Crippen LogP contribution in [-0.2, 0) is 6.42 Å². The second-order valence-electron chi connectivity index (χ2n) is 3.44. The summed E-state index contributed by atoms with van der Waals surface area (Å²) in [7, 11) is 0. The number of ketones is 1. The lowest BCUT2D eigenvalue weighted by molar-refractivity contribution is 0.101. The fraction of sp³-hybridized carbons (Fsp3) is 0.250. The van der Waals surface area contributed by atoms with Crippen molar-refractivity contribution in [2.45, 2.75) is 20.3 Å². The van der Waals surface area contributed by atoms with Gasteiger partial charge < -0.3 is 5.11 Å². The van der Waals surface area contributed by atoms with Crippen molar-refractivity contribution in [3.05, 3.63) is 28.3 Å². The molecule has 0 aliphatic carbocycles. The lowest BCUT2D eigenvalue weighted by Crippen LogP contribution is -2.04. The summed E-state index contributed by atoms with van der Waals surface area (Å²) in [6.07, 6.45) is -0.0625. The molecule has 0 unspecified atom stereocenters. The molecule has 0 aromatic heterocycles. The number of phenolic OH excluding ortho intramolecular Hbond substituents is 1. The molecule has 4 heteroatoms. The zero-order chi connectivity index (χ0) is 12.3. The summed E-state index contributed by atoms with van der Waals surface area (Å²) >= 11 is 0. The molecule has 0 aliphatic rings. The smallest absolute Gasteiger partial charge is 0.163 e. The Morgan fingerprint density at radius 2 is 2.12 bits per heavy atom. The number of carbonyl (C=O) groups is 1. The first-order chi connectivity index (χ1) is 7.52. The Morgan fingerprint density at radius 1 is 1.50 bits per heavy atom. The van der Waals surface area contributed by atoms with Crippen LogP contribution in [0.4, 0.5) is 0 Å². The molecule has 0 amide bonds. The van der Waals surface area contributed by atoms with Crippen LogP contribution in [0.15, 0.2) is 6.07 Å². The summed E-state index contributed by atoms with van der Waals surface area (Å²) in [5.74, 6) is -0.520. The molecule has 0 atom stereocenters. The number of nitriles is 2. The number of carbonyl (C=O) groups excluding carboxylic acids is 1. The van der Waals surface area contributed by atoms with E-state index in [4.69, 9.17) is 10.5 Å². The number of benzene rings is 1. The second-order valence-corrected chi connectivity index (χ2v) is 3.44. The van der Waals surface area contributed by atoms with Gasteiger partial charge in [-0.3, -0.25) is 4.79 Å². The molecule has 0 saturated heterocycles. The maximum Gasteiger partial charge on any atom is 0.163 e. The standard InChI is InChI=1S/C12H10N2O2/c1-7-5-11(16)12(8(2)15)9(3-4-13)10(7)6-14/h5,16H,3H2,1-2H3. The van der Waals surface area contributed by atoms with Crippen LogP contribution in [0.5, 0.6) is 5.75 Å². The van der Waals surface area contributed by atoms with E-state index >= 15 is 0 Å². The summed E-state index contributed by atoms with van der Waals surface area (Å²) in [6.45, 7) is 2.95. The maximum absolute atomic E-state index is 11.4. The molecule has 0 radical (unpaired) electrons. The summed E-state index contributed by atoms with van der Waals surface area (Å²) in [6, 6.07) is 5.22. The van der Waals surface area contributed by atoms with Gasteiger partial charge in [0.05, 0.1) is 29.7 Å². The Morgan fingerprint density at radius 3 is 2.56 bits per heavy atom. The number of nitrogens with zero attached hydrogens (tertiary/aromatic N) is 2. The molecule has 1 rings (SSSR count). The van der Waals surface area contributed by atoms with Crippen LogP contribution in [-0.4, -0.2) is 10.9 Å². The monoisotopic (exact) mass is 214 g/mol. The molecule has 16 heavy (non-hydrogen) atoms. The van der Waals surface area contributed by atoms with E-state index in [1.807, 2.05) is 12.1 Å². The van der Waals surface area contributed by atoms with Crippen LogP contribution in [0, 0.1) is 29.6 Å². The first-order valence-electron chi connectivity index (χ1n) is 4.66. The van der Waals surface area contributed by atoms with Gasteiger partial charge in [-0.2, -0.15) is 10.5 Å². The van der Waals surface area contributed by atoms with Gasteiger partial charge in [0.2, 0.25) is 0 Å². The van der Waals surface area contributed by atoms with Gasteiger partial charge in [0.15, 0.2) is 5.78 Å². The van der Waals surface area contributed by atoms with Crippen molar-refractivity contribution in [1.82, 2.24) is 0 Å². The van der Waals surface area contributed by atoms with Gasteiger partial charge in [0.25, 0.3) is 0 Å². The van der Waals surface area contributed by atoms with E-state index in [1.165, 1.54) is 13.0 Å². The molecule has 0 heterocycles. The number of Topliss-reactive ketones (excluding diaryl/α,β-unsaturated/α-hetero) is 1. The molecule has 0 spiro atoms. The first kappa shape index (κ1) is 11.7. The van der Waals surface area contributed by atoms with E-state index < -0.39 is 0 Å². The van der Waals surface area contributed by atoms with Crippen molar-refractivity contribution in [2.24, 2.45) is 0 Å². The fourth-order valence-electron chi connectivity index (χ4n) is 1.67. The van der Waals surface area contributed by atoms with Crippen molar-refractivity contribution in [3.63, 3.8) is 0 Å². The van der Waals surface area contributed by atoms with Crippen molar-refractivity contribution < 1.29 is 9.90 Å². The normalized spacial score (nSPS) is 9.25. The molecular formula is C12H10N2O2. The van der Waals surface area contributed by atoms with E-state index in [9.17, 15) is 9.90 Å². The minimum atomic E-state index is -0.348. The molecule has 4 nitrogen and oxygen atoms in total. The third-order valence-corrected chi connectivity index (χ3v) is 2.33. The lowest BCUT2D eigenvalue weighted by Gasteiger charge is -2.10. The van der Waals surface area contributed by atoms with Crippen molar-refractivity contribution in [1.29, 1.82) is 10.5 Å². The Bertz CT molecular complexity index is 533. The summed E-state index contributed by atoms with van der Waals surface area (Å²) in [5.41, 5.74) is 1.25. The second kappa shape index (κ2) is 4.46. The van der Waals surface area contributed by atoms with Gasteiger partial charge in [-0.1, -0.05) is 0 Å². The predicted molar refractivity (Wildman–Crippen MR) is 56.9 cm³/mol. The Balaban J connectivity index is 3.68. The highest BCUT2D eigenvalue weighted by atomic mass is 16.3. The first-order valence-corrected chi connectivity index (χ1v) is 4.66. The fourth-order valence-corrected chi connectivity index (χ4v) is 1.67. The van der Waals surface area contributed by atoms with Gasteiger partial charge in [-0.25, -0.2) is 0 Å². The summed E-state index contributed by atoms with van der Waals surface area (Å²) in [4.78, 5) is 11.4. The number of hydrogen-bond donors (Lipinski definition) is 1. The van der Waals surface area contributed by atoms with Crippen LogP contribution in [0.2, 0.25) is 0 Å². The van der Waals surface area contributed by atoms with E-state index in [2.05, 4.69) is 0 Å². The van der Waals surface area contributed by atoms with Crippen LogP contribution in [0.25, 0.3) is 0 Å². The number of rotatable bonds is 2. The van der Waals surface area contributed by atoms with Crippen molar-refractivity contribution in [3.8, 4) is 17.9 Å². The average Bonchev–Trinajstić information content (AvgIpc) is 2.17. The molecule has 0 saturated carbocycles. The topological polar surface area (TPSA) is 84.9 Å². The maximum atomic E-state index is 11.4. The zero-order valence-corrected chi connectivity index (χ0v) is 9.03. The van der Waals surface area contributed by atoms with Gasteiger partial charge in [-0.15, -0.1) is 0 Å². The number of aryl methyl sites for hydroxylation is 1. The largest absolute Gasteiger partial charge is 0.507 e. The van der Waals surface area contributed by atoms with Crippen molar-refractivity contribution >= 4 is 5.78 Å². The third kappa shape index (κ3) is 1.87. The van der Waals surface area contributed by atoms with Crippen LogP contribution in [0.3, 0.4) is 0 Å². The van der Waals surface area contributed by atoms with Gasteiger partial charge in [-0.05, 0) is 31.0 Å². The van der Waals surface area contributed by atoms with E-state index in [0.717, 1.165) is 0 Å². The Hall–Kier alpha value is -2.33. The lowest BCUT2D eigenvalue weighted by atomic mass is 9.92. The molecule has 1 N–H and O–H groups in total. The Kier molecular flexibility index (Phi) is 3.27. The molecule has 1 aromatic rings. The molecule has 0 aliphatic heterocycles. The SMILES string of the molecule is CC(=O)c1c(O)cc(C)c(C#N)c1CC#N. The zero-order valence-electron chi connectivity index (χ0n) is 9.03. The minimum absolute atomic E-state index is 0.0625. The Labute approximate surface area is 93.4 Å². The highest BCUT2D eigenvalue weighted by Gasteiger charge is 2.18. The van der Waals surface area contributed by atoms with Crippen LogP contribution < -0.4 is 0 Å². The summed E-state index contributed by atoms with van der Waals surface area (Å²) in [5, 5.41) is 27.3. The molecule has 0 fully saturated rings. The van der Waals surface area contributed by atoms with Gasteiger partial charge in [0.1, 0.15) is 5.75 Å².